The molecule has 0 saturated carbocycles. The maximum atomic E-state index is 4.55. The fourth-order valence-corrected chi connectivity index (χ4v) is 2.56. The van der Waals surface area contributed by atoms with Gasteiger partial charge in [0, 0.05) is 43.1 Å². The molecule has 2 aromatic heterocycles. The van der Waals surface area contributed by atoms with Gasteiger partial charge in [0.15, 0.2) is 5.96 Å². The molecule has 0 aromatic carbocycles. The van der Waals surface area contributed by atoms with E-state index >= 15 is 0 Å². The fourth-order valence-electron chi connectivity index (χ4n) is 1.84. The number of aryl methyl sites for hydroxylation is 2. The summed E-state index contributed by atoms with van der Waals surface area (Å²) < 4.78 is 1.93. The highest BCUT2D eigenvalue weighted by molar-refractivity contribution is 7.11. The minimum atomic E-state index is 0.618. The van der Waals surface area contributed by atoms with Crippen LogP contribution in [0.25, 0.3) is 0 Å². The van der Waals surface area contributed by atoms with Crippen LogP contribution in [0.5, 0.6) is 0 Å². The van der Waals surface area contributed by atoms with Crippen molar-refractivity contribution in [1.29, 1.82) is 0 Å². The van der Waals surface area contributed by atoms with E-state index in [2.05, 4.69) is 39.6 Å². The van der Waals surface area contributed by atoms with Gasteiger partial charge in [-0.3, -0.25) is 4.68 Å². The molecule has 2 rings (SSSR count). The van der Waals surface area contributed by atoms with Crippen LogP contribution in [0.2, 0.25) is 0 Å². The molecule has 0 aliphatic rings. The molecule has 7 heteroatoms. The molecule has 2 heterocycles. The van der Waals surface area contributed by atoms with Crippen LogP contribution in [0.15, 0.2) is 29.6 Å². The SMILES string of the molecule is CCNC(=NCc1ncc(C)s1)NCCCn1cccn1. The second kappa shape index (κ2) is 8.41. The molecule has 0 radical (unpaired) electrons. The lowest BCUT2D eigenvalue weighted by Crippen LogP contribution is -2.38. The Morgan fingerprint density at radius 1 is 1.43 bits per heavy atom. The summed E-state index contributed by atoms with van der Waals surface area (Å²) in [6.07, 6.45) is 6.67. The highest BCUT2D eigenvalue weighted by atomic mass is 32.1. The number of nitrogens with one attached hydrogen (secondary N) is 2. The summed E-state index contributed by atoms with van der Waals surface area (Å²) in [5.74, 6) is 0.839. The lowest BCUT2D eigenvalue weighted by molar-refractivity contribution is 0.570. The van der Waals surface area contributed by atoms with Gasteiger partial charge in [0.05, 0.1) is 6.54 Å². The molecule has 0 amide bonds. The van der Waals surface area contributed by atoms with Crippen LogP contribution in [-0.4, -0.2) is 33.8 Å². The first-order valence-electron chi connectivity index (χ1n) is 7.19. The number of nitrogens with zero attached hydrogens (tertiary/aromatic N) is 4. The zero-order valence-corrected chi connectivity index (χ0v) is 13.4. The smallest absolute Gasteiger partial charge is 0.191 e. The second-order valence-corrected chi connectivity index (χ2v) is 5.93. The molecule has 114 valence electrons. The number of hydrogen-bond donors (Lipinski definition) is 2. The predicted octanol–water partition coefficient (Wildman–Crippen LogP) is 1.79. The zero-order chi connectivity index (χ0) is 14.9. The third kappa shape index (κ3) is 5.55. The largest absolute Gasteiger partial charge is 0.357 e. The molecule has 2 aromatic rings. The Labute approximate surface area is 129 Å². The summed E-state index contributed by atoms with van der Waals surface area (Å²) in [6, 6.07) is 1.94. The average Bonchev–Trinajstić information content (AvgIpc) is 3.12. The van der Waals surface area contributed by atoms with E-state index < -0.39 is 0 Å². The normalized spacial score (nSPS) is 11.6. The molecule has 0 aliphatic carbocycles. The Morgan fingerprint density at radius 3 is 3.00 bits per heavy atom. The van der Waals surface area contributed by atoms with E-state index in [0.717, 1.165) is 37.0 Å². The molecule has 0 spiro atoms. The quantitative estimate of drug-likeness (QED) is 0.465. The number of aromatic nitrogens is 3. The third-order valence-electron chi connectivity index (χ3n) is 2.80. The topological polar surface area (TPSA) is 67.1 Å². The van der Waals surface area contributed by atoms with Gasteiger partial charge >= 0.3 is 0 Å². The Bertz CT molecular complexity index is 546. The Kier molecular flexibility index (Phi) is 6.21. The fraction of sp³-hybridized carbons (Fsp3) is 0.500. The minimum absolute atomic E-state index is 0.618. The van der Waals surface area contributed by atoms with Gasteiger partial charge in [-0.15, -0.1) is 11.3 Å². The maximum absolute atomic E-state index is 4.55. The highest BCUT2D eigenvalue weighted by Gasteiger charge is 2.00. The molecule has 0 unspecified atom stereocenters. The van der Waals surface area contributed by atoms with Crippen molar-refractivity contribution in [3.63, 3.8) is 0 Å². The number of rotatable bonds is 7. The Balaban J connectivity index is 1.75. The lowest BCUT2D eigenvalue weighted by Gasteiger charge is -2.10. The van der Waals surface area contributed by atoms with Crippen LogP contribution in [0, 0.1) is 6.92 Å². The van der Waals surface area contributed by atoms with Gasteiger partial charge in [0.1, 0.15) is 5.01 Å². The summed E-state index contributed by atoms with van der Waals surface area (Å²) in [4.78, 5) is 10.1. The van der Waals surface area contributed by atoms with Gasteiger partial charge in [0.25, 0.3) is 0 Å². The Hall–Kier alpha value is -1.89. The first kappa shape index (κ1) is 15.5. The molecule has 0 fully saturated rings. The first-order valence-corrected chi connectivity index (χ1v) is 8.00. The van der Waals surface area contributed by atoms with Gasteiger partial charge in [-0.2, -0.15) is 5.10 Å². The van der Waals surface area contributed by atoms with Crippen molar-refractivity contribution in [1.82, 2.24) is 25.4 Å². The number of hydrogen-bond acceptors (Lipinski definition) is 4. The summed E-state index contributed by atoms with van der Waals surface area (Å²) in [5, 5.41) is 11.8. The average molecular weight is 306 g/mol. The van der Waals surface area contributed by atoms with E-state index in [1.807, 2.05) is 23.1 Å². The monoisotopic (exact) mass is 306 g/mol. The molecule has 0 atom stereocenters. The summed E-state index contributed by atoms with van der Waals surface area (Å²) >= 11 is 1.69. The predicted molar refractivity (Wildman–Crippen MR) is 86.5 cm³/mol. The van der Waals surface area contributed by atoms with Crippen LogP contribution in [-0.2, 0) is 13.1 Å². The molecule has 0 saturated heterocycles. The van der Waals surface area contributed by atoms with Crippen molar-refractivity contribution in [3.05, 3.63) is 34.5 Å². The van der Waals surface area contributed by atoms with Gasteiger partial charge in [-0.25, -0.2) is 9.98 Å². The number of aliphatic imine (C=N–C) groups is 1. The standard InChI is InChI=1S/C14H22N6S/c1-3-15-14(18-11-13-17-10-12(2)21-13)16-6-4-8-20-9-5-7-19-20/h5,7,9-10H,3-4,6,8,11H2,1-2H3,(H2,15,16,18). The molecule has 0 bridgehead atoms. The van der Waals surface area contributed by atoms with Crippen LogP contribution in [0.1, 0.15) is 23.2 Å². The molecule has 2 N–H and O–H groups in total. The second-order valence-electron chi connectivity index (χ2n) is 4.61. The van der Waals surface area contributed by atoms with E-state index in [-0.39, 0.29) is 0 Å². The Morgan fingerprint density at radius 2 is 2.33 bits per heavy atom. The van der Waals surface area contributed by atoms with Gasteiger partial charge in [-0.05, 0) is 26.3 Å². The van der Waals surface area contributed by atoms with Crippen LogP contribution in [0.3, 0.4) is 0 Å². The highest BCUT2D eigenvalue weighted by Crippen LogP contribution is 2.11. The summed E-state index contributed by atoms with van der Waals surface area (Å²) in [7, 11) is 0. The van der Waals surface area contributed by atoms with Crippen LogP contribution in [0.4, 0.5) is 0 Å². The maximum Gasteiger partial charge on any atom is 0.191 e. The third-order valence-corrected chi connectivity index (χ3v) is 3.70. The van der Waals surface area contributed by atoms with E-state index in [4.69, 9.17) is 0 Å². The van der Waals surface area contributed by atoms with Crippen molar-refractivity contribution in [2.45, 2.75) is 33.4 Å². The van der Waals surface area contributed by atoms with E-state index in [1.165, 1.54) is 4.88 Å². The molecule has 0 aliphatic heterocycles. The number of thiazole rings is 1. The first-order chi connectivity index (χ1) is 10.3. The van der Waals surface area contributed by atoms with E-state index in [1.54, 1.807) is 17.5 Å². The van der Waals surface area contributed by atoms with Gasteiger partial charge < -0.3 is 10.6 Å². The lowest BCUT2D eigenvalue weighted by atomic mass is 10.4. The minimum Gasteiger partial charge on any atom is -0.357 e. The molecular weight excluding hydrogens is 284 g/mol. The van der Waals surface area contributed by atoms with Crippen LogP contribution < -0.4 is 10.6 Å². The zero-order valence-electron chi connectivity index (χ0n) is 12.5. The molecule has 6 nitrogen and oxygen atoms in total. The van der Waals surface area contributed by atoms with Crippen molar-refractivity contribution < 1.29 is 0 Å². The van der Waals surface area contributed by atoms with Gasteiger partial charge in [0.2, 0.25) is 0 Å². The van der Waals surface area contributed by atoms with Crippen molar-refractivity contribution in [3.8, 4) is 0 Å². The van der Waals surface area contributed by atoms with Gasteiger partial charge in [-0.1, -0.05) is 0 Å². The van der Waals surface area contributed by atoms with Crippen molar-refractivity contribution >= 4 is 17.3 Å². The number of guanidine groups is 1. The van der Waals surface area contributed by atoms with E-state index in [9.17, 15) is 0 Å². The van der Waals surface area contributed by atoms with Crippen molar-refractivity contribution in [2.75, 3.05) is 13.1 Å². The summed E-state index contributed by atoms with van der Waals surface area (Å²) in [5.41, 5.74) is 0. The van der Waals surface area contributed by atoms with Crippen LogP contribution >= 0.6 is 11.3 Å². The molecular formula is C14H22N6S. The van der Waals surface area contributed by atoms with E-state index in [0.29, 0.717) is 6.54 Å². The molecule has 21 heavy (non-hydrogen) atoms. The van der Waals surface area contributed by atoms with Crippen molar-refractivity contribution in [2.24, 2.45) is 4.99 Å². The summed E-state index contributed by atoms with van der Waals surface area (Å²) in [6.45, 7) is 7.36.